The third-order valence-corrected chi connectivity index (χ3v) is 4.46. The Bertz CT molecular complexity index is 658. The summed E-state index contributed by atoms with van der Waals surface area (Å²) in [7, 11) is 0. The number of carbonyl (C=O) groups excluding carboxylic acids is 2. The Balaban J connectivity index is 1.53. The number of hydrogen-bond acceptors (Lipinski definition) is 2. The van der Waals surface area contributed by atoms with Crippen LogP contribution in [-0.4, -0.2) is 24.1 Å². The highest BCUT2D eigenvalue weighted by Gasteiger charge is 2.27. The molecule has 2 atom stereocenters. The molecule has 1 aliphatic rings. The molecular weight excluding hydrogens is 328 g/mol. The standard InChI is InChI=1S/C20H24N4O2/c25-19(21-15-9-3-1-4-10-15)23-17-13-7-8-14-18(17)24-20(26)22-16-11-5-2-6-12-16/h1-6,9-12,17-18H,7-8,13-14H2,(H2,21,23,25)(H2,22,24,26)/t17-,18-/m0/s1. The molecule has 0 heterocycles. The van der Waals surface area contributed by atoms with E-state index < -0.39 is 0 Å². The molecule has 4 amide bonds. The minimum absolute atomic E-state index is 0.0889. The van der Waals surface area contributed by atoms with Crippen molar-refractivity contribution >= 4 is 23.4 Å². The van der Waals surface area contributed by atoms with Gasteiger partial charge in [-0.05, 0) is 37.1 Å². The van der Waals surface area contributed by atoms with Crippen molar-refractivity contribution in [2.24, 2.45) is 0 Å². The van der Waals surface area contributed by atoms with Crippen molar-refractivity contribution in [1.29, 1.82) is 0 Å². The number of hydrogen-bond donors (Lipinski definition) is 4. The summed E-state index contributed by atoms with van der Waals surface area (Å²) in [4.78, 5) is 24.5. The maximum Gasteiger partial charge on any atom is 0.319 e. The normalized spacial score (nSPS) is 19.2. The summed E-state index contributed by atoms with van der Waals surface area (Å²) in [5.74, 6) is 0. The van der Waals surface area contributed by atoms with E-state index in [-0.39, 0.29) is 24.1 Å². The predicted octanol–water partition coefficient (Wildman–Crippen LogP) is 3.94. The second-order valence-electron chi connectivity index (χ2n) is 6.43. The van der Waals surface area contributed by atoms with Gasteiger partial charge < -0.3 is 21.3 Å². The summed E-state index contributed by atoms with van der Waals surface area (Å²) in [5, 5.41) is 11.6. The second kappa shape index (κ2) is 8.89. The molecule has 3 rings (SSSR count). The van der Waals surface area contributed by atoms with Crippen molar-refractivity contribution in [3.63, 3.8) is 0 Å². The molecule has 6 nitrogen and oxygen atoms in total. The van der Waals surface area contributed by atoms with Crippen LogP contribution < -0.4 is 21.3 Å². The summed E-state index contributed by atoms with van der Waals surface area (Å²) in [5.41, 5.74) is 1.49. The van der Waals surface area contributed by atoms with Crippen LogP contribution in [0.25, 0.3) is 0 Å². The highest BCUT2D eigenvalue weighted by molar-refractivity contribution is 5.90. The average molecular weight is 352 g/mol. The van der Waals surface area contributed by atoms with E-state index in [1.54, 1.807) is 0 Å². The molecule has 1 aliphatic carbocycles. The topological polar surface area (TPSA) is 82.3 Å². The van der Waals surface area contributed by atoms with Crippen LogP contribution in [0.2, 0.25) is 0 Å². The third-order valence-electron chi connectivity index (χ3n) is 4.46. The number of carbonyl (C=O) groups is 2. The molecule has 0 radical (unpaired) electrons. The monoisotopic (exact) mass is 352 g/mol. The van der Waals surface area contributed by atoms with Gasteiger partial charge in [0.05, 0.1) is 12.1 Å². The first-order valence-corrected chi connectivity index (χ1v) is 8.96. The van der Waals surface area contributed by atoms with Crippen LogP contribution in [0.5, 0.6) is 0 Å². The number of urea groups is 2. The lowest BCUT2D eigenvalue weighted by Gasteiger charge is -2.32. The fraction of sp³-hybridized carbons (Fsp3) is 0.300. The van der Waals surface area contributed by atoms with Crippen molar-refractivity contribution in [1.82, 2.24) is 10.6 Å². The van der Waals surface area contributed by atoms with E-state index in [2.05, 4.69) is 21.3 Å². The summed E-state index contributed by atoms with van der Waals surface area (Å²) in [6.07, 6.45) is 3.76. The number of para-hydroxylation sites is 2. The van der Waals surface area contributed by atoms with Gasteiger partial charge in [-0.25, -0.2) is 9.59 Å². The second-order valence-corrected chi connectivity index (χ2v) is 6.43. The first-order chi connectivity index (χ1) is 12.7. The van der Waals surface area contributed by atoms with Gasteiger partial charge in [-0.1, -0.05) is 49.2 Å². The number of nitrogens with one attached hydrogen (secondary N) is 4. The van der Waals surface area contributed by atoms with Gasteiger partial charge in [0.1, 0.15) is 0 Å². The number of benzene rings is 2. The first kappa shape index (κ1) is 17.8. The molecule has 2 aromatic rings. The molecule has 0 bridgehead atoms. The van der Waals surface area contributed by atoms with Gasteiger partial charge in [0, 0.05) is 11.4 Å². The summed E-state index contributed by atoms with van der Waals surface area (Å²) >= 11 is 0. The molecule has 6 heteroatoms. The molecule has 1 saturated carbocycles. The maximum atomic E-state index is 12.3. The highest BCUT2D eigenvalue weighted by Crippen LogP contribution is 2.19. The zero-order chi connectivity index (χ0) is 18.2. The van der Waals surface area contributed by atoms with E-state index >= 15 is 0 Å². The Morgan fingerprint density at radius 3 is 1.42 bits per heavy atom. The van der Waals surface area contributed by atoms with E-state index in [0.29, 0.717) is 0 Å². The minimum atomic E-state index is -0.252. The molecule has 0 aliphatic heterocycles. The zero-order valence-corrected chi connectivity index (χ0v) is 14.6. The van der Waals surface area contributed by atoms with Crippen molar-refractivity contribution in [3.8, 4) is 0 Å². The lowest BCUT2D eigenvalue weighted by Crippen LogP contribution is -2.54. The largest absolute Gasteiger partial charge is 0.333 e. The first-order valence-electron chi connectivity index (χ1n) is 8.96. The van der Waals surface area contributed by atoms with Crippen LogP contribution in [0.4, 0.5) is 21.0 Å². The van der Waals surface area contributed by atoms with Gasteiger partial charge in [-0.3, -0.25) is 0 Å². The molecule has 136 valence electrons. The molecular formula is C20H24N4O2. The van der Waals surface area contributed by atoms with E-state index in [4.69, 9.17) is 0 Å². The fourth-order valence-electron chi connectivity index (χ4n) is 3.19. The smallest absolute Gasteiger partial charge is 0.319 e. The van der Waals surface area contributed by atoms with Crippen molar-refractivity contribution in [2.45, 2.75) is 37.8 Å². The van der Waals surface area contributed by atoms with Gasteiger partial charge >= 0.3 is 12.1 Å². The van der Waals surface area contributed by atoms with Crippen LogP contribution in [0.3, 0.4) is 0 Å². The zero-order valence-electron chi connectivity index (χ0n) is 14.6. The Kier molecular flexibility index (Phi) is 6.09. The molecule has 4 N–H and O–H groups in total. The molecule has 0 saturated heterocycles. The molecule has 0 aromatic heterocycles. The van der Waals surface area contributed by atoms with Crippen LogP contribution in [0.15, 0.2) is 60.7 Å². The van der Waals surface area contributed by atoms with E-state index in [9.17, 15) is 9.59 Å². The Hall–Kier alpha value is -3.02. The van der Waals surface area contributed by atoms with Gasteiger partial charge in [0.15, 0.2) is 0 Å². The Morgan fingerprint density at radius 1 is 0.654 bits per heavy atom. The molecule has 0 unspecified atom stereocenters. The van der Waals surface area contributed by atoms with Gasteiger partial charge in [-0.2, -0.15) is 0 Å². The highest BCUT2D eigenvalue weighted by atomic mass is 16.2. The van der Waals surface area contributed by atoms with E-state index in [0.717, 1.165) is 37.1 Å². The van der Waals surface area contributed by atoms with Crippen LogP contribution in [-0.2, 0) is 0 Å². The molecule has 1 fully saturated rings. The van der Waals surface area contributed by atoms with Gasteiger partial charge in [0.25, 0.3) is 0 Å². The maximum absolute atomic E-state index is 12.3. The number of rotatable bonds is 4. The SMILES string of the molecule is O=C(Nc1ccccc1)N[C@H]1CCCC[C@@H]1NC(=O)Nc1ccccc1. The van der Waals surface area contributed by atoms with Crippen LogP contribution >= 0.6 is 0 Å². The predicted molar refractivity (Wildman–Crippen MR) is 103 cm³/mol. The number of amides is 4. The summed E-state index contributed by atoms with van der Waals surface area (Å²) < 4.78 is 0. The summed E-state index contributed by atoms with van der Waals surface area (Å²) in [6, 6.07) is 17.9. The Morgan fingerprint density at radius 2 is 1.04 bits per heavy atom. The fourth-order valence-corrected chi connectivity index (χ4v) is 3.19. The lowest BCUT2D eigenvalue weighted by atomic mass is 9.90. The lowest BCUT2D eigenvalue weighted by molar-refractivity contribution is 0.225. The van der Waals surface area contributed by atoms with E-state index in [1.807, 2.05) is 60.7 Å². The third kappa shape index (κ3) is 5.24. The van der Waals surface area contributed by atoms with Crippen LogP contribution in [0.1, 0.15) is 25.7 Å². The Labute approximate surface area is 153 Å². The van der Waals surface area contributed by atoms with Crippen molar-refractivity contribution < 1.29 is 9.59 Å². The molecule has 2 aromatic carbocycles. The van der Waals surface area contributed by atoms with Crippen LogP contribution in [0, 0.1) is 0 Å². The quantitative estimate of drug-likeness (QED) is 0.672. The van der Waals surface area contributed by atoms with Gasteiger partial charge in [0.2, 0.25) is 0 Å². The molecule has 0 spiro atoms. The van der Waals surface area contributed by atoms with Crippen molar-refractivity contribution in [2.75, 3.05) is 10.6 Å². The van der Waals surface area contributed by atoms with E-state index in [1.165, 1.54) is 0 Å². The van der Waals surface area contributed by atoms with Gasteiger partial charge in [-0.15, -0.1) is 0 Å². The number of anilines is 2. The minimum Gasteiger partial charge on any atom is -0.333 e. The van der Waals surface area contributed by atoms with Crippen molar-refractivity contribution in [3.05, 3.63) is 60.7 Å². The molecule has 26 heavy (non-hydrogen) atoms. The summed E-state index contributed by atoms with van der Waals surface area (Å²) in [6.45, 7) is 0. The average Bonchev–Trinajstić information content (AvgIpc) is 2.65.